The van der Waals surface area contributed by atoms with Gasteiger partial charge in [-0.15, -0.1) is 0 Å². The molecule has 0 saturated heterocycles. The Balaban J connectivity index is 1.78. The molecule has 0 spiro atoms. The number of anilines is 1. The van der Waals surface area contributed by atoms with Gasteiger partial charge < -0.3 is 19.4 Å². The zero-order valence-electron chi connectivity index (χ0n) is 14.0. The molecule has 0 aliphatic heterocycles. The van der Waals surface area contributed by atoms with E-state index in [1.165, 1.54) is 5.56 Å². The first-order chi connectivity index (χ1) is 12.3. The second-order valence-corrected chi connectivity index (χ2v) is 5.89. The molecule has 0 unspecified atom stereocenters. The summed E-state index contributed by atoms with van der Waals surface area (Å²) in [7, 11) is 1.66. The van der Waals surface area contributed by atoms with Crippen molar-refractivity contribution in [1.29, 1.82) is 0 Å². The summed E-state index contributed by atoms with van der Waals surface area (Å²) in [6.07, 6.45) is 1.66. The van der Waals surface area contributed by atoms with Gasteiger partial charge >= 0.3 is 0 Å². The third-order valence-electron chi connectivity index (χ3n) is 3.81. The highest BCUT2D eigenvalue weighted by molar-refractivity contribution is 7.80. The van der Waals surface area contributed by atoms with Crippen LogP contribution in [0.3, 0.4) is 0 Å². The van der Waals surface area contributed by atoms with E-state index in [1.54, 1.807) is 13.4 Å². The van der Waals surface area contributed by atoms with E-state index in [4.69, 9.17) is 21.4 Å². The van der Waals surface area contributed by atoms with Gasteiger partial charge in [0.15, 0.2) is 5.11 Å². The number of benzene rings is 2. The molecule has 0 amide bonds. The molecule has 3 rings (SSSR count). The van der Waals surface area contributed by atoms with E-state index in [9.17, 15) is 0 Å². The number of ether oxygens (including phenoxy) is 1. The van der Waals surface area contributed by atoms with Gasteiger partial charge in [-0.05, 0) is 54.2 Å². The number of thiocarbonyl (C=S) groups is 1. The molecule has 128 valence electrons. The third-order valence-corrected chi connectivity index (χ3v) is 4.17. The summed E-state index contributed by atoms with van der Waals surface area (Å²) in [4.78, 5) is 2.06. The van der Waals surface area contributed by atoms with Crippen LogP contribution in [-0.4, -0.2) is 12.2 Å². The first-order valence-electron chi connectivity index (χ1n) is 8.02. The van der Waals surface area contributed by atoms with E-state index in [2.05, 4.69) is 22.3 Å². The van der Waals surface area contributed by atoms with Gasteiger partial charge in [0.05, 0.1) is 26.5 Å². The van der Waals surface area contributed by atoms with Gasteiger partial charge in [-0.25, -0.2) is 0 Å². The van der Waals surface area contributed by atoms with Crippen LogP contribution in [0.4, 0.5) is 5.69 Å². The highest BCUT2D eigenvalue weighted by Crippen LogP contribution is 2.21. The monoisotopic (exact) mass is 352 g/mol. The molecule has 0 aliphatic carbocycles. The maximum atomic E-state index is 5.63. The summed E-state index contributed by atoms with van der Waals surface area (Å²) in [5.74, 6) is 1.66. The van der Waals surface area contributed by atoms with Crippen molar-refractivity contribution in [3.05, 3.63) is 84.3 Å². The zero-order valence-corrected chi connectivity index (χ0v) is 14.8. The molecule has 0 atom stereocenters. The molecule has 0 saturated carbocycles. The molecule has 4 nitrogen and oxygen atoms in total. The molecular weight excluding hydrogens is 332 g/mol. The fraction of sp³-hybridized carbons (Fsp3) is 0.150. The van der Waals surface area contributed by atoms with E-state index < -0.39 is 0 Å². The smallest absolute Gasteiger partial charge is 0.174 e. The number of nitrogens with zero attached hydrogens (tertiary/aromatic N) is 1. The van der Waals surface area contributed by atoms with Crippen molar-refractivity contribution < 1.29 is 9.15 Å². The quantitative estimate of drug-likeness (QED) is 0.667. The lowest BCUT2D eigenvalue weighted by Crippen LogP contribution is -2.39. The molecule has 1 aromatic heterocycles. The van der Waals surface area contributed by atoms with Crippen LogP contribution in [0.2, 0.25) is 0 Å². The van der Waals surface area contributed by atoms with Gasteiger partial charge in [-0.2, -0.15) is 0 Å². The molecule has 1 heterocycles. The maximum Gasteiger partial charge on any atom is 0.174 e. The Morgan fingerprint density at radius 2 is 1.80 bits per heavy atom. The van der Waals surface area contributed by atoms with E-state index in [-0.39, 0.29) is 0 Å². The first kappa shape index (κ1) is 17.0. The predicted octanol–water partition coefficient (Wildman–Crippen LogP) is 4.37. The van der Waals surface area contributed by atoms with Crippen molar-refractivity contribution in [2.24, 2.45) is 0 Å². The summed E-state index contributed by atoms with van der Waals surface area (Å²) in [5.41, 5.74) is 2.18. The highest BCUT2D eigenvalue weighted by atomic mass is 32.1. The fourth-order valence-corrected chi connectivity index (χ4v) is 2.72. The summed E-state index contributed by atoms with van der Waals surface area (Å²) in [6.45, 7) is 1.23. The average molecular weight is 352 g/mol. The van der Waals surface area contributed by atoms with Crippen LogP contribution in [0, 0.1) is 0 Å². The van der Waals surface area contributed by atoms with E-state index in [0.29, 0.717) is 18.2 Å². The van der Waals surface area contributed by atoms with Crippen LogP contribution in [-0.2, 0) is 13.1 Å². The van der Waals surface area contributed by atoms with Gasteiger partial charge in [0.1, 0.15) is 11.5 Å². The molecule has 0 bridgehead atoms. The van der Waals surface area contributed by atoms with Crippen molar-refractivity contribution in [3.8, 4) is 5.75 Å². The Morgan fingerprint density at radius 1 is 1.04 bits per heavy atom. The van der Waals surface area contributed by atoms with E-state index in [1.807, 2.05) is 54.6 Å². The SMILES string of the molecule is COc1ccc(N(Cc2ccccc2)C(=S)NCc2ccco2)cc1. The van der Waals surface area contributed by atoms with Gasteiger partial charge in [-0.3, -0.25) is 0 Å². The lowest BCUT2D eigenvalue weighted by Gasteiger charge is -2.26. The molecule has 0 aliphatic rings. The minimum Gasteiger partial charge on any atom is -0.497 e. The topological polar surface area (TPSA) is 37.6 Å². The minimum absolute atomic E-state index is 0.549. The predicted molar refractivity (Wildman–Crippen MR) is 104 cm³/mol. The number of nitrogens with one attached hydrogen (secondary N) is 1. The number of furan rings is 1. The summed E-state index contributed by atoms with van der Waals surface area (Å²) >= 11 is 5.63. The number of methoxy groups -OCH3 is 1. The van der Waals surface area contributed by atoms with Gasteiger partial charge in [0, 0.05) is 5.69 Å². The van der Waals surface area contributed by atoms with Crippen LogP contribution in [0.1, 0.15) is 11.3 Å². The zero-order chi connectivity index (χ0) is 17.5. The van der Waals surface area contributed by atoms with Crippen LogP contribution in [0.25, 0.3) is 0 Å². The average Bonchev–Trinajstić information content (AvgIpc) is 3.19. The minimum atomic E-state index is 0.549. The van der Waals surface area contributed by atoms with Crippen molar-refractivity contribution in [1.82, 2.24) is 5.32 Å². The summed E-state index contributed by atoms with van der Waals surface area (Å²) in [5, 5.41) is 3.91. The Hall–Kier alpha value is -2.79. The Morgan fingerprint density at radius 3 is 2.44 bits per heavy atom. The Bertz CT molecular complexity index is 786. The number of rotatable bonds is 6. The molecule has 2 aromatic carbocycles. The lowest BCUT2D eigenvalue weighted by molar-refractivity contribution is 0.415. The Kier molecular flexibility index (Phi) is 5.69. The van der Waals surface area contributed by atoms with Crippen molar-refractivity contribution >= 4 is 23.0 Å². The van der Waals surface area contributed by atoms with Gasteiger partial charge in [0.2, 0.25) is 0 Å². The molecule has 1 N–H and O–H groups in total. The molecule has 3 aromatic rings. The second kappa shape index (κ2) is 8.35. The molecule has 25 heavy (non-hydrogen) atoms. The summed E-state index contributed by atoms with van der Waals surface area (Å²) < 4.78 is 10.6. The number of hydrogen-bond acceptors (Lipinski definition) is 3. The van der Waals surface area contributed by atoms with Crippen molar-refractivity contribution in [2.45, 2.75) is 13.1 Å². The molecule has 0 fully saturated rings. The Labute approximate surface area is 153 Å². The van der Waals surface area contributed by atoms with Crippen LogP contribution >= 0.6 is 12.2 Å². The van der Waals surface area contributed by atoms with Crippen LogP contribution in [0.5, 0.6) is 5.75 Å². The maximum absolute atomic E-state index is 5.63. The van der Waals surface area contributed by atoms with Gasteiger partial charge in [-0.1, -0.05) is 30.3 Å². The molecular formula is C20H20N2O2S. The lowest BCUT2D eigenvalue weighted by atomic mass is 10.2. The third kappa shape index (κ3) is 4.61. The largest absolute Gasteiger partial charge is 0.497 e. The van der Waals surface area contributed by atoms with Crippen molar-refractivity contribution in [2.75, 3.05) is 12.0 Å². The van der Waals surface area contributed by atoms with Crippen LogP contribution in [0.15, 0.2) is 77.4 Å². The second-order valence-electron chi connectivity index (χ2n) is 5.51. The first-order valence-corrected chi connectivity index (χ1v) is 8.43. The highest BCUT2D eigenvalue weighted by Gasteiger charge is 2.13. The molecule has 0 radical (unpaired) electrons. The normalized spacial score (nSPS) is 10.3. The number of hydrogen-bond donors (Lipinski definition) is 1. The van der Waals surface area contributed by atoms with Gasteiger partial charge in [0.25, 0.3) is 0 Å². The van der Waals surface area contributed by atoms with E-state index in [0.717, 1.165) is 17.2 Å². The summed E-state index contributed by atoms with van der Waals surface area (Å²) in [6, 6.07) is 21.9. The van der Waals surface area contributed by atoms with Crippen LogP contribution < -0.4 is 15.0 Å². The van der Waals surface area contributed by atoms with E-state index >= 15 is 0 Å². The standard InChI is InChI=1S/C20H20N2O2S/c1-23-18-11-9-17(10-12-18)22(15-16-6-3-2-4-7-16)20(25)21-14-19-8-5-13-24-19/h2-13H,14-15H2,1H3,(H,21,25). The fourth-order valence-electron chi connectivity index (χ4n) is 2.48. The van der Waals surface area contributed by atoms with Crippen molar-refractivity contribution in [3.63, 3.8) is 0 Å². The molecule has 5 heteroatoms.